The number of para-hydroxylation sites is 1. The van der Waals surface area contributed by atoms with Gasteiger partial charge >= 0.3 is 5.97 Å². The van der Waals surface area contributed by atoms with Crippen molar-refractivity contribution in [2.45, 2.75) is 118 Å². The zero-order valence-electron chi connectivity index (χ0n) is 31.9. The molecule has 3 aromatic heterocycles. The van der Waals surface area contributed by atoms with E-state index in [0.29, 0.717) is 47.2 Å². The Kier molecular flexibility index (Phi) is 10.9. The molecule has 4 heterocycles. The van der Waals surface area contributed by atoms with Crippen molar-refractivity contribution in [1.82, 2.24) is 19.7 Å². The Bertz CT molecular complexity index is 2150. The van der Waals surface area contributed by atoms with Crippen LogP contribution in [-0.4, -0.2) is 56.0 Å². The third-order valence-corrected chi connectivity index (χ3v) is 12.0. The van der Waals surface area contributed by atoms with E-state index in [9.17, 15) is 9.59 Å². The Morgan fingerprint density at radius 2 is 1.89 bits per heavy atom. The van der Waals surface area contributed by atoms with Crippen LogP contribution in [0.2, 0.25) is 0 Å². The Morgan fingerprint density at radius 3 is 2.69 bits per heavy atom. The molecule has 290 valence electrons. The fourth-order valence-electron chi connectivity index (χ4n) is 8.96. The van der Waals surface area contributed by atoms with Crippen molar-refractivity contribution in [3.63, 3.8) is 0 Å². The minimum Gasteiger partial charge on any atom is -0.455 e. The van der Waals surface area contributed by atoms with Gasteiger partial charge in [-0.15, -0.1) is 0 Å². The van der Waals surface area contributed by atoms with Crippen molar-refractivity contribution >= 4 is 44.4 Å². The van der Waals surface area contributed by atoms with Gasteiger partial charge in [0.25, 0.3) is 5.91 Å². The second-order valence-electron chi connectivity index (χ2n) is 16.8. The first-order valence-corrected chi connectivity index (χ1v) is 20.2. The number of fused-ring (bicyclic) bond motifs is 4. The Hall–Kier alpha value is -4.61. The number of hydrogen-bond donors (Lipinski definition) is 1. The van der Waals surface area contributed by atoms with Crippen molar-refractivity contribution in [3.05, 3.63) is 89.4 Å². The third-order valence-electron chi connectivity index (χ3n) is 11.0. The highest BCUT2D eigenvalue weighted by molar-refractivity contribution is 7.22. The molecule has 1 aliphatic heterocycles. The van der Waals surface area contributed by atoms with E-state index in [0.717, 1.165) is 52.7 Å². The summed E-state index contributed by atoms with van der Waals surface area (Å²) in [4.78, 5) is 39.3. The Balaban J connectivity index is 0.00000465. The first kappa shape index (κ1) is 38.7. The maximum Gasteiger partial charge on any atom is 0.358 e. The standard InChI is InChI=1S/C43H50N6O4S.CH4/c1-27(2)52-31-20-28-10-9-18-43(21-28,22-31)26-49-24-30(23-44-49)32-15-16-37(46-38(32)40(51)53-42(3,4)5)48-19-17-29-11-8-12-33(34(29)25-48)39(50)47-41-45-35-13-6-7-14-36(35)54-41;/h6-8,11-16,23-24,27-28,31H,9-10,17-22,25-26H2,1-5H3,(H,45,47,50);1H4. The number of rotatable bonds is 9. The number of esters is 1. The molecule has 8 rings (SSSR count). The first-order chi connectivity index (χ1) is 25.9. The van der Waals surface area contributed by atoms with Gasteiger partial charge in [0.1, 0.15) is 11.4 Å². The van der Waals surface area contributed by atoms with Crippen LogP contribution < -0.4 is 10.2 Å². The molecule has 3 aliphatic rings. The zero-order chi connectivity index (χ0) is 37.6. The van der Waals surface area contributed by atoms with E-state index in [-0.39, 0.29) is 30.5 Å². The largest absolute Gasteiger partial charge is 0.455 e. The predicted molar refractivity (Wildman–Crippen MR) is 220 cm³/mol. The number of nitrogens with one attached hydrogen (secondary N) is 1. The smallest absolute Gasteiger partial charge is 0.358 e. The molecule has 2 saturated carbocycles. The van der Waals surface area contributed by atoms with E-state index in [1.165, 1.54) is 37.0 Å². The zero-order valence-corrected chi connectivity index (χ0v) is 32.7. The van der Waals surface area contributed by atoms with Gasteiger partial charge in [-0.3, -0.25) is 14.8 Å². The van der Waals surface area contributed by atoms with Crippen LogP contribution in [0.15, 0.2) is 67.0 Å². The molecule has 5 aromatic rings. The highest BCUT2D eigenvalue weighted by Gasteiger charge is 2.44. The SMILES string of the molecule is C.CC(C)OC1CC2CCCC(Cn3cc(-c4ccc(N5CCc6cccc(C(=O)Nc7nc8ccccc8s7)c6C5)nc4C(=O)OC(C)(C)C)cn3)(C2)C1. The summed E-state index contributed by atoms with van der Waals surface area (Å²) in [5.41, 5.74) is 4.79. The summed E-state index contributed by atoms with van der Waals surface area (Å²) in [6.07, 6.45) is 12.3. The van der Waals surface area contributed by atoms with E-state index >= 15 is 0 Å². The number of anilines is 2. The molecule has 2 bridgehead atoms. The molecule has 55 heavy (non-hydrogen) atoms. The normalized spacial score (nSPS) is 20.9. The van der Waals surface area contributed by atoms with Gasteiger partial charge in [0.15, 0.2) is 10.8 Å². The van der Waals surface area contributed by atoms with Crippen molar-refractivity contribution in [2.24, 2.45) is 11.3 Å². The van der Waals surface area contributed by atoms with Crippen LogP contribution in [0.4, 0.5) is 10.9 Å². The molecule has 2 aliphatic carbocycles. The summed E-state index contributed by atoms with van der Waals surface area (Å²) in [6.45, 7) is 11.9. The molecular weight excluding hydrogens is 709 g/mol. The highest BCUT2D eigenvalue weighted by Crippen LogP contribution is 2.51. The van der Waals surface area contributed by atoms with Crippen molar-refractivity contribution in [2.75, 3.05) is 16.8 Å². The number of hydrogen-bond acceptors (Lipinski definition) is 9. The van der Waals surface area contributed by atoms with Crippen molar-refractivity contribution < 1.29 is 19.1 Å². The van der Waals surface area contributed by atoms with Gasteiger partial charge in [-0.1, -0.05) is 55.9 Å². The number of carbonyl (C=O) groups excluding carboxylic acids is 2. The number of benzene rings is 2. The van der Waals surface area contributed by atoms with E-state index in [4.69, 9.17) is 19.6 Å². The Labute approximate surface area is 328 Å². The number of nitrogens with zero attached hydrogens (tertiary/aromatic N) is 5. The Morgan fingerprint density at radius 1 is 1.05 bits per heavy atom. The second kappa shape index (κ2) is 15.5. The molecule has 2 fully saturated rings. The molecule has 1 amide bonds. The van der Waals surface area contributed by atoms with Crippen LogP contribution >= 0.6 is 11.3 Å². The minimum atomic E-state index is -0.696. The van der Waals surface area contributed by atoms with E-state index < -0.39 is 11.6 Å². The van der Waals surface area contributed by atoms with Crippen molar-refractivity contribution in [3.8, 4) is 11.1 Å². The molecule has 11 heteroatoms. The van der Waals surface area contributed by atoms with Crippen molar-refractivity contribution in [1.29, 1.82) is 0 Å². The van der Waals surface area contributed by atoms with E-state index in [2.05, 4.69) is 46.0 Å². The number of amides is 1. The molecule has 0 radical (unpaired) electrons. The van der Waals surface area contributed by atoms with Crippen LogP contribution in [-0.2, 0) is 29.0 Å². The average molecular weight is 763 g/mol. The van der Waals surface area contributed by atoms with E-state index in [1.54, 1.807) is 0 Å². The van der Waals surface area contributed by atoms with Crippen LogP contribution in [0.3, 0.4) is 0 Å². The van der Waals surface area contributed by atoms with Gasteiger partial charge < -0.3 is 14.4 Å². The fourth-order valence-corrected chi connectivity index (χ4v) is 9.82. The summed E-state index contributed by atoms with van der Waals surface area (Å²) >= 11 is 1.46. The quantitative estimate of drug-likeness (QED) is 0.148. The number of pyridine rings is 1. The summed E-state index contributed by atoms with van der Waals surface area (Å²) in [6, 6.07) is 17.7. The molecule has 1 N–H and O–H groups in total. The van der Waals surface area contributed by atoms with E-state index in [1.807, 2.05) is 75.5 Å². The van der Waals surface area contributed by atoms with Gasteiger partial charge in [-0.25, -0.2) is 14.8 Å². The first-order valence-electron chi connectivity index (χ1n) is 19.4. The highest BCUT2D eigenvalue weighted by atomic mass is 32.1. The molecular formula is C44H54N6O4S. The molecule has 3 unspecified atom stereocenters. The van der Waals surface area contributed by atoms with Crippen LogP contribution in [0.25, 0.3) is 21.3 Å². The van der Waals surface area contributed by atoms with Gasteiger partial charge in [0, 0.05) is 42.5 Å². The number of carbonyl (C=O) groups is 2. The van der Waals surface area contributed by atoms with Gasteiger partial charge in [0.2, 0.25) is 0 Å². The number of aromatic nitrogens is 4. The minimum absolute atomic E-state index is 0. The molecule has 3 atom stereocenters. The average Bonchev–Trinajstić information content (AvgIpc) is 3.76. The van der Waals surface area contributed by atoms with Crippen LogP contribution in [0, 0.1) is 11.3 Å². The fraction of sp³-hybridized carbons (Fsp3) is 0.477. The maximum atomic E-state index is 13.9. The summed E-state index contributed by atoms with van der Waals surface area (Å²) < 4.78 is 15.4. The monoisotopic (exact) mass is 762 g/mol. The molecule has 2 aromatic carbocycles. The molecule has 10 nitrogen and oxygen atoms in total. The van der Waals surface area contributed by atoms with Gasteiger partial charge in [-0.2, -0.15) is 5.10 Å². The summed E-state index contributed by atoms with van der Waals surface area (Å²) in [7, 11) is 0. The lowest BCUT2D eigenvalue weighted by molar-refractivity contribution is -0.0839. The summed E-state index contributed by atoms with van der Waals surface area (Å²) in [5, 5.41) is 8.44. The summed E-state index contributed by atoms with van der Waals surface area (Å²) in [5.74, 6) is 0.689. The lowest BCUT2D eigenvalue weighted by Crippen LogP contribution is -2.43. The van der Waals surface area contributed by atoms with Gasteiger partial charge in [0.05, 0.1) is 28.6 Å². The van der Waals surface area contributed by atoms with Crippen LogP contribution in [0.1, 0.15) is 113 Å². The second-order valence-corrected chi connectivity index (χ2v) is 17.8. The van der Waals surface area contributed by atoms with Crippen LogP contribution in [0.5, 0.6) is 0 Å². The lowest BCUT2D eigenvalue weighted by Gasteiger charge is -2.48. The number of ether oxygens (including phenoxy) is 2. The predicted octanol–water partition coefficient (Wildman–Crippen LogP) is 9.73. The van der Waals surface area contributed by atoms with Gasteiger partial charge in [-0.05, 0) is 120 Å². The molecule has 0 spiro atoms. The molecule has 0 saturated heterocycles. The lowest BCUT2D eigenvalue weighted by atomic mass is 9.61. The third kappa shape index (κ3) is 8.48. The maximum absolute atomic E-state index is 13.9. The topological polar surface area (TPSA) is 111 Å². The number of thiazole rings is 1.